The van der Waals surface area contributed by atoms with E-state index in [1.54, 1.807) is 0 Å². The number of rotatable bonds is 7. The van der Waals surface area contributed by atoms with Crippen molar-refractivity contribution in [2.45, 2.75) is 38.8 Å². The van der Waals surface area contributed by atoms with Crippen molar-refractivity contribution in [3.63, 3.8) is 0 Å². The fourth-order valence-corrected chi connectivity index (χ4v) is 1.08. The fourth-order valence-electron chi connectivity index (χ4n) is 1.08. The second-order valence-electron chi connectivity index (χ2n) is 3.17. The molecule has 0 amide bonds. The number of aliphatic hydroxyl groups excluding tert-OH is 1. The molecule has 0 aromatic heterocycles. The Labute approximate surface area is 83.7 Å². The minimum atomic E-state index is -0.794. The Kier molecular flexibility index (Phi) is 6.84. The topological polar surface area (TPSA) is 85.7 Å². The van der Waals surface area contributed by atoms with E-state index in [9.17, 15) is 9.90 Å². The number of aliphatic hydroxyl groups is 1. The summed E-state index contributed by atoms with van der Waals surface area (Å²) in [4.78, 5) is 13.9. The molecule has 14 heavy (non-hydrogen) atoms. The molecule has 0 spiro atoms. The number of carbonyl (C=O) groups excluding carboxylic acids is 1. The van der Waals surface area contributed by atoms with Gasteiger partial charge in [0.15, 0.2) is 0 Å². The highest BCUT2D eigenvalue weighted by atomic mass is 16.3. The van der Waals surface area contributed by atoms with Crippen LogP contribution in [0.15, 0.2) is 0 Å². The number of unbranched alkanes of at least 4 members (excludes halogenated alkanes) is 1. The highest BCUT2D eigenvalue weighted by Crippen LogP contribution is 1.94. The summed E-state index contributed by atoms with van der Waals surface area (Å²) in [5.41, 5.74) is 8.18. The molecule has 5 nitrogen and oxygen atoms in total. The summed E-state index contributed by atoms with van der Waals surface area (Å²) >= 11 is 0. The number of nitrogens with zero attached hydrogens (tertiary/aromatic N) is 2. The molecule has 0 bridgehead atoms. The van der Waals surface area contributed by atoms with Crippen LogP contribution < -0.4 is 5.32 Å². The second kappa shape index (κ2) is 7.38. The molecule has 0 heterocycles. The minimum absolute atomic E-state index is 0.418. The lowest BCUT2D eigenvalue weighted by atomic mass is 10.1. The molecule has 0 aromatic rings. The van der Waals surface area contributed by atoms with E-state index in [4.69, 9.17) is 5.53 Å². The molecule has 0 fully saturated rings. The molecule has 0 aliphatic heterocycles. The highest BCUT2D eigenvalue weighted by molar-refractivity contribution is 6.27. The number of ketones is 1. The smallest absolute Gasteiger partial charge is 0.324 e. The summed E-state index contributed by atoms with van der Waals surface area (Å²) in [6.07, 6.45) is 1.96. The average Bonchev–Trinajstić information content (AvgIpc) is 2.12. The van der Waals surface area contributed by atoms with E-state index in [0.717, 1.165) is 19.1 Å². The molecular weight excluding hydrogens is 182 g/mol. The van der Waals surface area contributed by atoms with Crippen molar-refractivity contribution in [2.24, 2.45) is 0 Å². The van der Waals surface area contributed by atoms with Crippen molar-refractivity contribution >= 4 is 12.0 Å². The van der Waals surface area contributed by atoms with Crippen LogP contribution in [-0.4, -0.2) is 40.6 Å². The lowest BCUT2D eigenvalue weighted by Crippen LogP contribution is -2.45. The Bertz CT molecular complexity index is 222. The third kappa shape index (κ3) is 4.87. The van der Waals surface area contributed by atoms with Crippen LogP contribution in [-0.2, 0) is 4.79 Å². The van der Waals surface area contributed by atoms with Gasteiger partial charge in [0, 0.05) is 0 Å². The SMILES string of the molecule is CCCCN[C@H](C(=O)C=[N+]=[N-])[C@H](C)O. The first-order valence-corrected chi connectivity index (χ1v) is 4.76. The van der Waals surface area contributed by atoms with Crippen LogP contribution in [0.4, 0.5) is 0 Å². The summed E-state index contributed by atoms with van der Waals surface area (Å²) in [7, 11) is 0. The molecule has 0 saturated carbocycles. The number of Topliss-reactive ketones (excluding diaryl/α,β-unsaturated/α-hetero) is 1. The Morgan fingerprint density at radius 2 is 2.36 bits per heavy atom. The third-order valence-corrected chi connectivity index (χ3v) is 1.87. The first-order chi connectivity index (χ1) is 6.63. The maximum absolute atomic E-state index is 11.2. The van der Waals surface area contributed by atoms with Crippen LogP contribution >= 0.6 is 0 Å². The largest absolute Gasteiger partial charge is 0.391 e. The van der Waals surface area contributed by atoms with Gasteiger partial charge in [-0.3, -0.25) is 4.79 Å². The van der Waals surface area contributed by atoms with Gasteiger partial charge in [-0.05, 0) is 19.9 Å². The first kappa shape index (κ1) is 13.0. The van der Waals surface area contributed by atoms with E-state index in [2.05, 4.69) is 10.1 Å². The van der Waals surface area contributed by atoms with Gasteiger partial charge >= 0.3 is 6.21 Å². The van der Waals surface area contributed by atoms with Crippen LogP contribution in [0.2, 0.25) is 0 Å². The minimum Gasteiger partial charge on any atom is -0.391 e. The van der Waals surface area contributed by atoms with Gasteiger partial charge in [-0.1, -0.05) is 13.3 Å². The van der Waals surface area contributed by atoms with Crippen molar-refractivity contribution in [1.29, 1.82) is 0 Å². The molecule has 0 aliphatic carbocycles. The van der Waals surface area contributed by atoms with Crippen LogP contribution in [0.1, 0.15) is 26.7 Å². The van der Waals surface area contributed by atoms with Gasteiger partial charge < -0.3 is 16.0 Å². The van der Waals surface area contributed by atoms with Crippen molar-refractivity contribution in [1.82, 2.24) is 5.32 Å². The van der Waals surface area contributed by atoms with Crippen molar-refractivity contribution in [3.8, 4) is 0 Å². The maximum atomic E-state index is 11.2. The molecule has 0 rings (SSSR count). The van der Waals surface area contributed by atoms with Crippen molar-refractivity contribution < 1.29 is 14.7 Å². The number of nitrogens with one attached hydrogen (secondary N) is 1. The van der Waals surface area contributed by atoms with Crippen LogP contribution in [0.5, 0.6) is 0 Å². The van der Waals surface area contributed by atoms with Gasteiger partial charge in [0.2, 0.25) is 0 Å². The molecule has 5 heteroatoms. The monoisotopic (exact) mass is 199 g/mol. The van der Waals surface area contributed by atoms with Crippen molar-refractivity contribution in [3.05, 3.63) is 5.53 Å². The zero-order chi connectivity index (χ0) is 11.0. The normalized spacial score (nSPS) is 14.2. The van der Waals surface area contributed by atoms with Gasteiger partial charge in [0.25, 0.3) is 5.78 Å². The van der Waals surface area contributed by atoms with E-state index in [1.165, 1.54) is 6.92 Å². The summed E-state index contributed by atoms with van der Waals surface area (Å²) in [5.74, 6) is -0.418. The zero-order valence-corrected chi connectivity index (χ0v) is 8.60. The Hall–Kier alpha value is -1.03. The number of carbonyl (C=O) groups is 1. The summed E-state index contributed by atoms with van der Waals surface area (Å²) in [5, 5.41) is 12.2. The Morgan fingerprint density at radius 3 is 2.79 bits per heavy atom. The molecule has 0 unspecified atom stereocenters. The predicted octanol–water partition coefficient (Wildman–Crippen LogP) is -0.00480. The molecule has 0 saturated heterocycles. The summed E-state index contributed by atoms with van der Waals surface area (Å²) in [6, 6.07) is -0.683. The molecule has 2 atom stereocenters. The van der Waals surface area contributed by atoms with Gasteiger partial charge in [-0.2, -0.15) is 4.79 Å². The van der Waals surface area contributed by atoms with E-state index in [1.807, 2.05) is 6.92 Å². The first-order valence-electron chi connectivity index (χ1n) is 4.76. The molecular formula is C9H17N3O2. The summed E-state index contributed by atoms with van der Waals surface area (Å²) < 4.78 is 0. The predicted molar refractivity (Wildman–Crippen MR) is 53.1 cm³/mol. The molecule has 0 aliphatic rings. The lowest BCUT2D eigenvalue weighted by molar-refractivity contribution is -0.120. The second-order valence-corrected chi connectivity index (χ2v) is 3.17. The molecule has 2 N–H and O–H groups in total. The standard InChI is InChI=1S/C9H17N3O2/c1-3-4-5-11-9(7(2)13)8(14)6-12-10/h6-7,9,11,13H,3-5H2,1-2H3/t7-,9-/m0/s1. The number of hydrogen-bond acceptors (Lipinski definition) is 3. The van der Waals surface area contributed by atoms with Gasteiger partial charge in [0.1, 0.15) is 6.04 Å². The summed E-state index contributed by atoms with van der Waals surface area (Å²) in [6.45, 7) is 4.22. The van der Waals surface area contributed by atoms with Crippen LogP contribution in [0, 0.1) is 0 Å². The Morgan fingerprint density at radius 1 is 1.71 bits per heavy atom. The quantitative estimate of drug-likeness (QED) is 0.262. The van der Waals surface area contributed by atoms with E-state index in [-0.39, 0.29) is 0 Å². The lowest BCUT2D eigenvalue weighted by Gasteiger charge is -2.16. The fraction of sp³-hybridized carbons (Fsp3) is 0.778. The molecule has 80 valence electrons. The van der Waals surface area contributed by atoms with E-state index >= 15 is 0 Å². The third-order valence-electron chi connectivity index (χ3n) is 1.87. The number of hydrogen-bond donors (Lipinski definition) is 2. The molecule has 0 aromatic carbocycles. The van der Waals surface area contributed by atoms with Gasteiger partial charge in [-0.15, -0.1) is 0 Å². The van der Waals surface area contributed by atoms with E-state index in [0.29, 0.717) is 6.54 Å². The molecule has 0 radical (unpaired) electrons. The highest BCUT2D eigenvalue weighted by Gasteiger charge is 2.23. The average molecular weight is 199 g/mol. The maximum Gasteiger partial charge on any atom is 0.324 e. The van der Waals surface area contributed by atoms with Gasteiger partial charge in [0.05, 0.1) is 6.10 Å². The zero-order valence-electron chi connectivity index (χ0n) is 8.60. The van der Waals surface area contributed by atoms with Crippen LogP contribution in [0.25, 0.3) is 5.53 Å². The van der Waals surface area contributed by atoms with E-state index < -0.39 is 17.9 Å². The van der Waals surface area contributed by atoms with Crippen molar-refractivity contribution in [2.75, 3.05) is 6.54 Å². The van der Waals surface area contributed by atoms with Crippen LogP contribution in [0.3, 0.4) is 0 Å². The Balaban J connectivity index is 4.14. The van der Waals surface area contributed by atoms with Gasteiger partial charge in [-0.25, -0.2) is 0 Å².